The van der Waals surface area contributed by atoms with Crippen molar-refractivity contribution in [2.45, 2.75) is 27.3 Å². The molecule has 1 aromatic carbocycles. The first kappa shape index (κ1) is 13.6. The van der Waals surface area contributed by atoms with Crippen LogP contribution in [0.3, 0.4) is 0 Å². The second-order valence-corrected chi connectivity index (χ2v) is 4.49. The van der Waals surface area contributed by atoms with Gasteiger partial charge in [-0.2, -0.15) is 4.98 Å². The van der Waals surface area contributed by atoms with Crippen LogP contribution in [0.2, 0.25) is 0 Å². The first-order chi connectivity index (χ1) is 9.24. The summed E-state index contributed by atoms with van der Waals surface area (Å²) in [5.74, 6) is 0. The van der Waals surface area contributed by atoms with E-state index < -0.39 is 0 Å². The highest BCUT2D eigenvalue weighted by Crippen LogP contribution is 2.25. The van der Waals surface area contributed by atoms with Crippen LogP contribution in [-0.4, -0.2) is 18.1 Å². The number of anilines is 2. The van der Waals surface area contributed by atoms with Crippen LogP contribution >= 0.6 is 0 Å². The Kier molecular flexibility index (Phi) is 4.58. The molecule has 0 atom stereocenters. The van der Waals surface area contributed by atoms with E-state index in [1.54, 1.807) is 6.26 Å². The monoisotopic (exact) mass is 259 g/mol. The van der Waals surface area contributed by atoms with Crippen molar-refractivity contribution in [3.05, 3.63) is 41.8 Å². The molecule has 102 valence electrons. The Balaban J connectivity index is 2.19. The largest absolute Gasteiger partial charge is 0.431 e. The topological polar surface area (TPSA) is 41.3 Å². The molecule has 0 bridgehead atoms. The van der Waals surface area contributed by atoms with E-state index in [0.29, 0.717) is 6.01 Å². The first-order valence-corrected chi connectivity index (χ1v) is 6.74. The quantitative estimate of drug-likeness (QED) is 0.864. The van der Waals surface area contributed by atoms with Crippen molar-refractivity contribution in [3.63, 3.8) is 0 Å². The summed E-state index contributed by atoms with van der Waals surface area (Å²) in [5, 5.41) is 3.24. The average molecular weight is 259 g/mol. The first-order valence-electron chi connectivity index (χ1n) is 6.74. The van der Waals surface area contributed by atoms with Crippen LogP contribution in [0.15, 0.2) is 34.9 Å². The van der Waals surface area contributed by atoms with E-state index in [1.165, 1.54) is 5.56 Å². The van der Waals surface area contributed by atoms with Gasteiger partial charge in [0.1, 0.15) is 6.26 Å². The van der Waals surface area contributed by atoms with Gasteiger partial charge in [-0.15, -0.1) is 0 Å². The number of aromatic nitrogens is 1. The molecular weight excluding hydrogens is 238 g/mol. The third kappa shape index (κ3) is 3.35. The van der Waals surface area contributed by atoms with Gasteiger partial charge in [-0.25, -0.2) is 0 Å². The lowest BCUT2D eigenvalue weighted by molar-refractivity contribution is 0.552. The molecule has 0 aliphatic rings. The molecule has 2 rings (SSSR count). The molecular formula is C15H21N3O. The number of nitrogens with one attached hydrogen (secondary N) is 1. The molecule has 1 heterocycles. The molecule has 0 aliphatic heterocycles. The van der Waals surface area contributed by atoms with Crippen molar-refractivity contribution < 1.29 is 4.42 Å². The summed E-state index contributed by atoms with van der Waals surface area (Å²) in [4.78, 5) is 6.59. The summed E-state index contributed by atoms with van der Waals surface area (Å²) in [6, 6.07) is 9.00. The van der Waals surface area contributed by atoms with Gasteiger partial charge in [0, 0.05) is 18.8 Å². The Morgan fingerprint density at radius 3 is 2.84 bits per heavy atom. The van der Waals surface area contributed by atoms with Gasteiger partial charge in [-0.1, -0.05) is 19.1 Å². The van der Waals surface area contributed by atoms with Gasteiger partial charge in [-0.3, -0.25) is 4.90 Å². The van der Waals surface area contributed by atoms with Crippen LogP contribution in [0.5, 0.6) is 0 Å². The minimum Gasteiger partial charge on any atom is -0.431 e. The molecule has 0 radical (unpaired) electrons. The third-order valence-electron chi connectivity index (χ3n) is 2.96. The molecule has 0 fully saturated rings. The van der Waals surface area contributed by atoms with Gasteiger partial charge in [0.05, 0.1) is 5.69 Å². The van der Waals surface area contributed by atoms with Crippen molar-refractivity contribution in [1.29, 1.82) is 0 Å². The standard InChI is InChI=1S/C15H21N3O/c1-4-16-10-13-11-19-15(17-13)18(5-2)14-8-6-7-12(3)9-14/h6-9,11,16H,4-5,10H2,1-3H3. The van der Waals surface area contributed by atoms with E-state index in [0.717, 1.165) is 31.0 Å². The lowest BCUT2D eigenvalue weighted by Gasteiger charge is -2.18. The lowest BCUT2D eigenvalue weighted by Crippen LogP contribution is -2.17. The highest BCUT2D eigenvalue weighted by molar-refractivity contribution is 5.57. The summed E-state index contributed by atoms with van der Waals surface area (Å²) in [7, 11) is 0. The van der Waals surface area contributed by atoms with Crippen LogP contribution in [0.1, 0.15) is 25.1 Å². The molecule has 4 heteroatoms. The third-order valence-corrected chi connectivity index (χ3v) is 2.96. The van der Waals surface area contributed by atoms with Crippen LogP contribution < -0.4 is 10.2 Å². The zero-order chi connectivity index (χ0) is 13.7. The maximum Gasteiger partial charge on any atom is 0.302 e. The number of rotatable bonds is 6. The summed E-state index contributed by atoms with van der Waals surface area (Å²) in [5.41, 5.74) is 3.28. The Labute approximate surface area is 114 Å². The summed E-state index contributed by atoms with van der Waals surface area (Å²) in [6.45, 7) is 8.75. The number of nitrogens with zero attached hydrogens (tertiary/aromatic N) is 2. The highest BCUT2D eigenvalue weighted by Gasteiger charge is 2.13. The molecule has 0 aliphatic carbocycles. The van der Waals surface area contributed by atoms with E-state index in [4.69, 9.17) is 4.42 Å². The van der Waals surface area contributed by atoms with Crippen LogP contribution in [0.4, 0.5) is 11.7 Å². The van der Waals surface area contributed by atoms with Crippen molar-refractivity contribution >= 4 is 11.7 Å². The molecule has 0 unspecified atom stereocenters. The molecule has 0 saturated carbocycles. The van der Waals surface area contributed by atoms with Gasteiger partial charge in [0.2, 0.25) is 0 Å². The fraction of sp³-hybridized carbons (Fsp3) is 0.400. The summed E-state index contributed by atoms with van der Waals surface area (Å²) >= 11 is 0. The predicted molar refractivity (Wildman–Crippen MR) is 77.7 cm³/mol. The Morgan fingerprint density at radius 2 is 2.16 bits per heavy atom. The number of oxazole rings is 1. The van der Waals surface area contributed by atoms with Crippen molar-refractivity contribution in [3.8, 4) is 0 Å². The molecule has 0 spiro atoms. The second-order valence-electron chi connectivity index (χ2n) is 4.49. The molecule has 0 saturated heterocycles. The van der Waals surface area contributed by atoms with E-state index in [1.807, 2.05) is 0 Å². The van der Waals surface area contributed by atoms with Gasteiger partial charge < -0.3 is 9.73 Å². The van der Waals surface area contributed by atoms with Crippen LogP contribution in [0, 0.1) is 6.92 Å². The number of aryl methyl sites for hydroxylation is 1. The average Bonchev–Trinajstić information content (AvgIpc) is 2.86. The Bertz CT molecular complexity index is 522. The predicted octanol–water partition coefficient (Wildman–Crippen LogP) is 3.25. The normalized spacial score (nSPS) is 10.7. The minimum absolute atomic E-state index is 0.654. The molecule has 2 aromatic rings. The molecule has 1 aromatic heterocycles. The summed E-state index contributed by atoms with van der Waals surface area (Å²) in [6.07, 6.45) is 1.72. The number of benzene rings is 1. The van der Waals surface area contributed by atoms with Crippen LogP contribution in [0.25, 0.3) is 0 Å². The SMILES string of the molecule is CCNCc1coc(N(CC)c2cccc(C)c2)n1. The molecule has 19 heavy (non-hydrogen) atoms. The fourth-order valence-electron chi connectivity index (χ4n) is 1.98. The van der Waals surface area contributed by atoms with E-state index in [-0.39, 0.29) is 0 Å². The van der Waals surface area contributed by atoms with Crippen LogP contribution in [-0.2, 0) is 6.54 Å². The van der Waals surface area contributed by atoms with E-state index in [9.17, 15) is 0 Å². The van der Waals surface area contributed by atoms with Gasteiger partial charge in [0.25, 0.3) is 0 Å². The van der Waals surface area contributed by atoms with Gasteiger partial charge in [0.15, 0.2) is 0 Å². The maximum atomic E-state index is 5.58. The van der Waals surface area contributed by atoms with Crippen molar-refractivity contribution in [2.75, 3.05) is 18.0 Å². The minimum atomic E-state index is 0.654. The Hall–Kier alpha value is -1.81. The Morgan fingerprint density at radius 1 is 1.32 bits per heavy atom. The maximum absolute atomic E-state index is 5.58. The summed E-state index contributed by atoms with van der Waals surface area (Å²) < 4.78 is 5.58. The zero-order valence-electron chi connectivity index (χ0n) is 11.8. The highest BCUT2D eigenvalue weighted by atomic mass is 16.4. The van der Waals surface area contributed by atoms with E-state index >= 15 is 0 Å². The van der Waals surface area contributed by atoms with E-state index in [2.05, 4.69) is 60.2 Å². The molecule has 4 nitrogen and oxygen atoms in total. The smallest absolute Gasteiger partial charge is 0.302 e. The second kappa shape index (κ2) is 6.38. The van der Waals surface area contributed by atoms with Gasteiger partial charge >= 0.3 is 6.01 Å². The number of hydrogen-bond donors (Lipinski definition) is 1. The van der Waals surface area contributed by atoms with Crippen molar-refractivity contribution in [1.82, 2.24) is 10.3 Å². The number of hydrogen-bond acceptors (Lipinski definition) is 4. The lowest BCUT2D eigenvalue weighted by atomic mass is 10.2. The molecule has 0 amide bonds. The van der Waals surface area contributed by atoms with Gasteiger partial charge in [-0.05, 0) is 38.1 Å². The zero-order valence-corrected chi connectivity index (χ0v) is 11.8. The van der Waals surface area contributed by atoms with Crippen molar-refractivity contribution in [2.24, 2.45) is 0 Å². The molecule has 1 N–H and O–H groups in total. The fourth-order valence-corrected chi connectivity index (χ4v) is 1.98.